The van der Waals surface area contributed by atoms with E-state index in [2.05, 4.69) is 20.2 Å². The average Bonchev–Trinajstić information content (AvgIpc) is 3.22. The Balaban J connectivity index is 1.79. The molecule has 2 fully saturated rings. The molecule has 0 bridgehead atoms. The van der Waals surface area contributed by atoms with Crippen LogP contribution < -0.4 is 16.0 Å². The summed E-state index contributed by atoms with van der Waals surface area (Å²) in [5.74, 6) is 3.85. The maximum absolute atomic E-state index is 5.78. The van der Waals surface area contributed by atoms with Crippen LogP contribution in [-0.2, 0) is 0 Å². The minimum atomic E-state index is 0.355. The van der Waals surface area contributed by atoms with Gasteiger partial charge in [-0.25, -0.2) is 0 Å². The van der Waals surface area contributed by atoms with Gasteiger partial charge in [0.15, 0.2) is 0 Å². The smallest absolute Gasteiger partial charge is 0.223 e. The van der Waals surface area contributed by atoms with E-state index < -0.39 is 0 Å². The Morgan fingerprint density at radius 3 is 2.33 bits per heavy atom. The van der Waals surface area contributed by atoms with Crippen LogP contribution in [0.25, 0.3) is 0 Å². The third kappa shape index (κ3) is 2.83. The van der Waals surface area contributed by atoms with Crippen LogP contribution in [-0.4, -0.2) is 30.1 Å². The molecule has 18 heavy (non-hydrogen) atoms. The molecule has 1 heterocycles. The van der Waals surface area contributed by atoms with Crippen LogP contribution in [0.1, 0.15) is 25.7 Å². The van der Waals surface area contributed by atoms with Gasteiger partial charge in [-0.3, -0.25) is 0 Å². The lowest BCUT2D eigenvalue weighted by atomic mass is 10.3. The third-order valence-electron chi connectivity index (χ3n) is 3.66. The maximum Gasteiger partial charge on any atom is 0.223 e. The highest BCUT2D eigenvalue weighted by Crippen LogP contribution is 2.35. The van der Waals surface area contributed by atoms with Crippen molar-refractivity contribution in [2.75, 3.05) is 36.1 Å². The summed E-state index contributed by atoms with van der Waals surface area (Å²) in [7, 11) is 1.86. The predicted octanol–water partition coefficient (Wildman–Crippen LogP) is 1.73. The number of nitrogens with two attached hydrogens (primary N) is 1. The maximum atomic E-state index is 5.78. The van der Waals surface area contributed by atoms with Gasteiger partial charge in [0.2, 0.25) is 5.95 Å². The van der Waals surface area contributed by atoms with E-state index in [9.17, 15) is 0 Å². The van der Waals surface area contributed by atoms with Crippen molar-refractivity contribution in [3.8, 4) is 0 Å². The van der Waals surface area contributed by atoms with Gasteiger partial charge in [-0.1, -0.05) is 0 Å². The molecule has 0 aliphatic heterocycles. The molecule has 0 saturated heterocycles. The van der Waals surface area contributed by atoms with Gasteiger partial charge in [0.1, 0.15) is 11.6 Å². The predicted molar refractivity (Wildman–Crippen MR) is 73.7 cm³/mol. The summed E-state index contributed by atoms with van der Waals surface area (Å²) in [6.07, 6.45) is 5.45. The lowest BCUT2D eigenvalue weighted by Gasteiger charge is -2.24. The van der Waals surface area contributed by atoms with Gasteiger partial charge in [-0.15, -0.1) is 0 Å². The zero-order valence-electron chi connectivity index (χ0n) is 10.9. The third-order valence-corrected chi connectivity index (χ3v) is 3.66. The summed E-state index contributed by atoms with van der Waals surface area (Å²) in [4.78, 5) is 10.9. The Bertz CT molecular complexity index is 411. The summed E-state index contributed by atoms with van der Waals surface area (Å²) in [5.41, 5.74) is 5.78. The van der Waals surface area contributed by atoms with Crippen molar-refractivity contribution in [2.45, 2.75) is 25.7 Å². The molecule has 0 aromatic carbocycles. The highest BCUT2D eigenvalue weighted by Gasteiger charge is 2.30. The molecule has 5 nitrogen and oxygen atoms in total. The van der Waals surface area contributed by atoms with Gasteiger partial charge in [-0.05, 0) is 37.5 Å². The average molecular weight is 247 g/mol. The molecule has 0 amide bonds. The van der Waals surface area contributed by atoms with Crippen molar-refractivity contribution in [3.63, 3.8) is 0 Å². The summed E-state index contributed by atoms with van der Waals surface area (Å²) in [5, 5.41) is 3.04. The number of rotatable bonds is 6. The Morgan fingerprint density at radius 2 is 1.83 bits per heavy atom. The Hall–Kier alpha value is -1.52. The van der Waals surface area contributed by atoms with Gasteiger partial charge in [0, 0.05) is 26.2 Å². The topological polar surface area (TPSA) is 67.1 Å². The number of anilines is 3. The normalized spacial score (nSPS) is 18.7. The van der Waals surface area contributed by atoms with Crippen LogP contribution in [0.15, 0.2) is 6.07 Å². The van der Waals surface area contributed by atoms with Crippen molar-refractivity contribution in [1.82, 2.24) is 9.97 Å². The lowest BCUT2D eigenvalue weighted by Crippen LogP contribution is -2.29. The Labute approximate surface area is 108 Å². The number of nitrogen functional groups attached to an aromatic ring is 1. The van der Waals surface area contributed by atoms with Gasteiger partial charge < -0.3 is 16.0 Å². The molecule has 3 N–H and O–H groups in total. The Kier molecular flexibility index (Phi) is 2.97. The van der Waals surface area contributed by atoms with Crippen LogP contribution in [0, 0.1) is 11.8 Å². The molecule has 0 atom stereocenters. The quantitative estimate of drug-likeness (QED) is 0.801. The van der Waals surface area contributed by atoms with E-state index in [1.54, 1.807) is 0 Å². The molecule has 2 saturated carbocycles. The first-order valence-corrected chi connectivity index (χ1v) is 6.82. The summed E-state index contributed by atoms with van der Waals surface area (Å²) in [6.45, 7) is 2.24. The monoisotopic (exact) mass is 247 g/mol. The summed E-state index contributed by atoms with van der Waals surface area (Å²) < 4.78 is 0. The second kappa shape index (κ2) is 4.63. The molecule has 98 valence electrons. The molecule has 0 spiro atoms. The molecule has 5 heteroatoms. The van der Waals surface area contributed by atoms with Crippen LogP contribution >= 0.6 is 0 Å². The SMILES string of the molecule is CNc1cc(N(CC2CC2)CC2CC2)nc(N)n1. The summed E-state index contributed by atoms with van der Waals surface area (Å²) in [6, 6.07) is 2.00. The van der Waals surface area contributed by atoms with Gasteiger partial charge >= 0.3 is 0 Å². The molecule has 2 aliphatic carbocycles. The van der Waals surface area contributed by atoms with Crippen molar-refractivity contribution in [2.24, 2.45) is 11.8 Å². The second-order valence-electron chi connectivity index (χ2n) is 5.51. The van der Waals surface area contributed by atoms with Crippen LogP contribution in [0.4, 0.5) is 17.6 Å². The molecule has 1 aromatic heterocycles. The fourth-order valence-electron chi connectivity index (χ4n) is 2.23. The van der Waals surface area contributed by atoms with E-state index >= 15 is 0 Å². The van der Waals surface area contributed by atoms with Crippen molar-refractivity contribution >= 4 is 17.6 Å². The van der Waals surface area contributed by atoms with E-state index in [-0.39, 0.29) is 0 Å². The van der Waals surface area contributed by atoms with Gasteiger partial charge in [0.05, 0.1) is 0 Å². The van der Waals surface area contributed by atoms with Crippen molar-refractivity contribution in [3.05, 3.63) is 6.07 Å². The van der Waals surface area contributed by atoms with E-state index in [0.29, 0.717) is 5.95 Å². The molecular formula is C13H21N5. The zero-order chi connectivity index (χ0) is 12.5. The minimum Gasteiger partial charge on any atom is -0.373 e. The molecule has 0 unspecified atom stereocenters. The highest BCUT2D eigenvalue weighted by molar-refractivity contribution is 5.52. The van der Waals surface area contributed by atoms with Crippen LogP contribution in [0.3, 0.4) is 0 Å². The van der Waals surface area contributed by atoms with Crippen molar-refractivity contribution in [1.29, 1.82) is 0 Å². The Morgan fingerprint density at radius 1 is 1.22 bits per heavy atom. The molecule has 2 aliphatic rings. The molecule has 3 rings (SSSR count). The first-order valence-electron chi connectivity index (χ1n) is 6.82. The second-order valence-corrected chi connectivity index (χ2v) is 5.51. The van der Waals surface area contributed by atoms with E-state index in [0.717, 1.165) is 36.6 Å². The number of hydrogen-bond acceptors (Lipinski definition) is 5. The number of aromatic nitrogens is 2. The van der Waals surface area contributed by atoms with E-state index in [1.165, 1.54) is 25.7 Å². The summed E-state index contributed by atoms with van der Waals surface area (Å²) >= 11 is 0. The first kappa shape index (κ1) is 11.6. The molecular weight excluding hydrogens is 226 g/mol. The highest BCUT2D eigenvalue weighted by atomic mass is 15.2. The molecule has 0 radical (unpaired) electrons. The van der Waals surface area contributed by atoms with E-state index in [4.69, 9.17) is 5.73 Å². The van der Waals surface area contributed by atoms with E-state index in [1.807, 2.05) is 13.1 Å². The zero-order valence-corrected chi connectivity index (χ0v) is 10.9. The fraction of sp³-hybridized carbons (Fsp3) is 0.692. The molecule has 1 aromatic rings. The van der Waals surface area contributed by atoms with Gasteiger partial charge in [-0.2, -0.15) is 9.97 Å². The van der Waals surface area contributed by atoms with Crippen molar-refractivity contribution < 1.29 is 0 Å². The standard InChI is InChI=1S/C13H21N5/c1-15-11-6-12(17-13(14)16-11)18(7-9-2-3-9)8-10-4-5-10/h6,9-10H,2-5,7-8H2,1H3,(H3,14,15,16,17). The van der Waals surface area contributed by atoms with Crippen LogP contribution in [0.5, 0.6) is 0 Å². The number of nitrogens with one attached hydrogen (secondary N) is 1. The number of nitrogens with zero attached hydrogens (tertiary/aromatic N) is 3. The van der Waals surface area contributed by atoms with Gasteiger partial charge in [0.25, 0.3) is 0 Å². The lowest BCUT2D eigenvalue weighted by molar-refractivity contribution is 0.671. The largest absolute Gasteiger partial charge is 0.373 e. The first-order chi connectivity index (χ1) is 8.74. The number of hydrogen-bond donors (Lipinski definition) is 2. The minimum absolute atomic E-state index is 0.355. The fourth-order valence-corrected chi connectivity index (χ4v) is 2.23. The van der Waals surface area contributed by atoms with Crippen LogP contribution in [0.2, 0.25) is 0 Å².